The molecule has 1 aromatic carbocycles. The zero-order valence-corrected chi connectivity index (χ0v) is 41.9. The van der Waals surface area contributed by atoms with Gasteiger partial charge in [0.1, 0.15) is 103 Å². The molecule has 5 rings (SSSR count). The van der Waals surface area contributed by atoms with E-state index in [9.17, 15) is 70.2 Å². The number of ether oxygens (including phenoxy) is 8. The summed E-state index contributed by atoms with van der Waals surface area (Å²) in [6.45, 7) is 2.23. The van der Waals surface area contributed by atoms with Gasteiger partial charge < -0.3 is 110 Å². The fraction of sp³-hybridized carbons (Fsp3) is 0.750. The number of allylic oxidation sites excluding steroid dienone is 2. The van der Waals surface area contributed by atoms with Gasteiger partial charge >= 0.3 is 0 Å². The Labute approximate surface area is 428 Å². The second-order valence-electron chi connectivity index (χ2n) is 18.7. The third-order valence-electron chi connectivity index (χ3n) is 13.0. The molecule has 4 aliphatic rings. The Kier molecular flexibility index (Phi) is 24.2. The maximum atomic E-state index is 13.8. The van der Waals surface area contributed by atoms with E-state index in [-0.39, 0.29) is 5.56 Å². The normalized spacial score (nSPS) is 36.5. The summed E-state index contributed by atoms with van der Waals surface area (Å²) in [4.78, 5) is 50.9. The van der Waals surface area contributed by atoms with Crippen molar-refractivity contribution in [1.82, 2.24) is 21.3 Å². The minimum absolute atomic E-state index is 0.0817. The van der Waals surface area contributed by atoms with Crippen LogP contribution in [0.25, 0.3) is 0 Å². The highest BCUT2D eigenvalue weighted by atomic mass is 16.8. The highest BCUT2D eigenvalue weighted by molar-refractivity contribution is 5.94. The molecule has 0 saturated carbocycles. The molecule has 0 aliphatic carbocycles. The van der Waals surface area contributed by atoms with E-state index in [1.165, 1.54) is 31.4 Å². The van der Waals surface area contributed by atoms with E-state index >= 15 is 0 Å². The second-order valence-corrected chi connectivity index (χ2v) is 18.7. The molecule has 4 heterocycles. The molecule has 4 amide bonds. The molecule has 4 fully saturated rings. The van der Waals surface area contributed by atoms with E-state index in [1.54, 1.807) is 12.1 Å². The van der Waals surface area contributed by atoms with Crippen LogP contribution in [0.15, 0.2) is 36.4 Å². The van der Waals surface area contributed by atoms with Crippen molar-refractivity contribution in [2.24, 2.45) is 0 Å². The molecule has 14 N–H and O–H groups in total. The third-order valence-corrected chi connectivity index (χ3v) is 13.0. The predicted octanol–water partition coefficient (Wildman–Crippen LogP) is -4.19. The molecule has 420 valence electrons. The van der Waals surface area contributed by atoms with Crippen LogP contribution in [0.1, 0.15) is 83.0 Å². The molecule has 0 spiro atoms. The van der Waals surface area contributed by atoms with E-state index < -0.39 is 173 Å². The number of aliphatic hydroxyl groups excluding tert-OH is 10. The number of amides is 4. The fourth-order valence-electron chi connectivity index (χ4n) is 9.21. The first-order valence-electron chi connectivity index (χ1n) is 25.0. The number of rotatable bonds is 25. The number of hydrogen-bond donors (Lipinski definition) is 14. The van der Waals surface area contributed by atoms with Crippen LogP contribution in [-0.4, -0.2) is 230 Å². The summed E-state index contributed by atoms with van der Waals surface area (Å²) in [5, 5.41) is 119. The van der Waals surface area contributed by atoms with Crippen LogP contribution < -0.4 is 26.0 Å². The van der Waals surface area contributed by atoms with Crippen LogP contribution in [0.3, 0.4) is 0 Å². The van der Waals surface area contributed by atoms with Crippen molar-refractivity contribution in [3.05, 3.63) is 42.0 Å². The molecule has 0 radical (unpaired) electrons. The van der Waals surface area contributed by atoms with Gasteiger partial charge in [0.2, 0.25) is 17.7 Å². The summed E-state index contributed by atoms with van der Waals surface area (Å²) in [7, 11) is 0. The molecule has 26 nitrogen and oxygen atoms in total. The van der Waals surface area contributed by atoms with Gasteiger partial charge in [-0.05, 0) is 43.9 Å². The summed E-state index contributed by atoms with van der Waals surface area (Å²) < 4.78 is 47.4. The Morgan fingerprint density at radius 2 is 0.986 bits per heavy atom. The quantitative estimate of drug-likeness (QED) is 0.0326. The average Bonchev–Trinajstić information content (AvgIpc) is 3.36. The molecule has 26 heteroatoms. The van der Waals surface area contributed by atoms with Gasteiger partial charge in [0.05, 0.1) is 33.0 Å². The molecule has 1 aromatic rings. The van der Waals surface area contributed by atoms with Gasteiger partial charge in [-0.25, -0.2) is 0 Å². The lowest BCUT2D eigenvalue weighted by molar-refractivity contribution is -0.361. The maximum absolute atomic E-state index is 13.8. The number of benzene rings is 1. The number of carbonyl (C=O) groups excluding carboxylic acids is 4. The Bertz CT molecular complexity index is 1960. The van der Waals surface area contributed by atoms with Crippen molar-refractivity contribution in [2.75, 3.05) is 33.0 Å². The SMILES string of the molecule is CCCCCC/C=C\CCCOc1cccc(C(=O)NC2C(O)[C@H](O)C(CO)O[C@H]2O[C@H]2C(O)C(NC(C)=O)[C@H](O[C@@H]3C(CO)O[C@@H](O[C@H]4C(O)C(NC(C)=O)C(O)O[C@H]4CO)[C@@H](NC(C)=O)C3O)O[C@H]2CO)c1. The van der Waals surface area contributed by atoms with Gasteiger partial charge in [-0.2, -0.15) is 0 Å². The summed E-state index contributed by atoms with van der Waals surface area (Å²) in [5.74, 6) is -2.58. The standard InChI is InChI=1S/C48H76N4O22/c1-5-6-7-8-9-10-11-12-13-17-67-27-16-14-15-26(18-27)44(65)52-33-37(61)36(60)28(19-53)69-46(33)73-42-30(21-55)71-48(35(39(42)63)51-25(4)59)74-43-31(22-56)70-47(34(40(43)64)50-24(3)58)72-41-29(20-54)68-45(66)32(38(41)62)49-23(2)57/h10-11,14-16,18,28-43,45-48,53-56,60-64,66H,5-9,12-13,17,19-22H2,1-4H3,(H,49,57)(H,50,58)(H,51,59)(H,52,65)/b11-10-/t28?,29-,30-,31?,32?,33?,34-,35?,36+,37?,38?,39?,40?,41+,42+,43+,45?,46-,47-,48-/m0/s1. The van der Waals surface area contributed by atoms with Gasteiger partial charge in [0.25, 0.3) is 5.91 Å². The Morgan fingerprint density at radius 1 is 0.541 bits per heavy atom. The van der Waals surface area contributed by atoms with Crippen LogP contribution >= 0.6 is 0 Å². The van der Waals surface area contributed by atoms with Gasteiger partial charge in [0, 0.05) is 26.3 Å². The first-order valence-corrected chi connectivity index (χ1v) is 25.0. The number of nitrogens with one attached hydrogen (secondary N) is 4. The fourth-order valence-corrected chi connectivity index (χ4v) is 9.21. The van der Waals surface area contributed by atoms with Crippen molar-refractivity contribution in [1.29, 1.82) is 0 Å². The van der Waals surface area contributed by atoms with Gasteiger partial charge in [-0.3, -0.25) is 19.2 Å². The van der Waals surface area contributed by atoms with Crippen LogP contribution in [0.4, 0.5) is 0 Å². The number of unbranched alkanes of at least 4 members (excludes halogenated alkanes) is 5. The Hall–Kier alpha value is -4.04. The van der Waals surface area contributed by atoms with Crippen molar-refractivity contribution in [3.63, 3.8) is 0 Å². The summed E-state index contributed by atoms with van der Waals surface area (Å²) in [5.41, 5.74) is 0.0817. The second kappa shape index (κ2) is 29.5. The van der Waals surface area contributed by atoms with E-state index in [0.29, 0.717) is 12.4 Å². The molecule has 4 saturated heterocycles. The smallest absolute Gasteiger partial charge is 0.251 e. The molecular weight excluding hydrogens is 985 g/mol. The van der Waals surface area contributed by atoms with Crippen molar-refractivity contribution in [2.45, 2.75) is 195 Å². The zero-order valence-electron chi connectivity index (χ0n) is 41.9. The first kappa shape index (κ1) is 60.8. The van der Waals surface area contributed by atoms with Crippen LogP contribution in [-0.2, 0) is 47.5 Å². The predicted molar refractivity (Wildman–Crippen MR) is 253 cm³/mol. The lowest BCUT2D eigenvalue weighted by Crippen LogP contribution is -2.71. The molecular formula is C48H76N4O22. The number of carbonyl (C=O) groups is 4. The van der Waals surface area contributed by atoms with Crippen LogP contribution in [0.2, 0.25) is 0 Å². The largest absolute Gasteiger partial charge is 0.494 e. The Balaban J connectivity index is 1.32. The van der Waals surface area contributed by atoms with Crippen molar-refractivity contribution < 1.29 is 108 Å². The van der Waals surface area contributed by atoms with E-state index in [4.69, 9.17) is 37.9 Å². The zero-order chi connectivity index (χ0) is 54.2. The minimum Gasteiger partial charge on any atom is -0.494 e. The molecule has 0 bridgehead atoms. The van der Waals surface area contributed by atoms with Crippen LogP contribution in [0.5, 0.6) is 5.75 Å². The molecule has 0 aromatic heterocycles. The first-order chi connectivity index (χ1) is 35.4. The average molecular weight is 1060 g/mol. The molecule has 74 heavy (non-hydrogen) atoms. The lowest BCUT2D eigenvalue weighted by Gasteiger charge is -2.51. The van der Waals surface area contributed by atoms with E-state index in [2.05, 4.69) is 40.3 Å². The highest BCUT2D eigenvalue weighted by Gasteiger charge is 2.56. The number of aliphatic hydroxyl groups is 10. The maximum Gasteiger partial charge on any atom is 0.251 e. The van der Waals surface area contributed by atoms with Gasteiger partial charge in [0.15, 0.2) is 25.2 Å². The van der Waals surface area contributed by atoms with E-state index in [0.717, 1.165) is 46.5 Å². The summed E-state index contributed by atoms with van der Waals surface area (Å²) in [6, 6.07) is -0.191. The van der Waals surface area contributed by atoms with Crippen LogP contribution in [0, 0.1) is 0 Å². The van der Waals surface area contributed by atoms with E-state index in [1.807, 2.05) is 0 Å². The van der Waals surface area contributed by atoms with Gasteiger partial charge in [-0.15, -0.1) is 0 Å². The summed E-state index contributed by atoms with van der Waals surface area (Å²) in [6.07, 6.45) is -16.1. The molecule has 20 atom stereocenters. The topological polar surface area (TPSA) is 393 Å². The van der Waals surface area contributed by atoms with Gasteiger partial charge in [-0.1, -0.05) is 44.4 Å². The number of hydrogen-bond acceptors (Lipinski definition) is 22. The van der Waals surface area contributed by atoms with Crippen molar-refractivity contribution >= 4 is 23.6 Å². The highest BCUT2D eigenvalue weighted by Crippen LogP contribution is 2.35. The third kappa shape index (κ3) is 16.0. The lowest BCUT2D eigenvalue weighted by atomic mass is 9.93. The molecule has 4 aliphatic heterocycles. The monoisotopic (exact) mass is 1060 g/mol. The Morgan fingerprint density at radius 3 is 1.47 bits per heavy atom. The van der Waals surface area contributed by atoms with Crippen molar-refractivity contribution in [3.8, 4) is 5.75 Å². The molecule has 10 unspecified atom stereocenters. The summed E-state index contributed by atoms with van der Waals surface area (Å²) >= 11 is 0. The minimum atomic E-state index is -1.94.